The number of carbonyl (C=O) groups is 1. The Kier molecular flexibility index (Phi) is 5.18. The SMILES string of the molecule is COC(=O)C(C)(Nc1cccc(OC)c1)C(C)OC. The molecule has 0 heterocycles. The molecule has 2 atom stereocenters. The van der Waals surface area contributed by atoms with E-state index >= 15 is 0 Å². The van der Waals surface area contributed by atoms with Crippen LogP contribution in [-0.2, 0) is 14.3 Å². The number of benzene rings is 1. The highest BCUT2D eigenvalue weighted by atomic mass is 16.5. The predicted octanol–water partition coefficient (Wildman–Crippen LogP) is 2.07. The van der Waals surface area contributed by atoms with Gasteiger partial charge < -0.3 is 19.5 Å². The van der Waals surface area contributed by atoms with E-state index in [1.165, 1.54) is 7.11 Å². The second-order valence-electron chi connectivity index (χ2n) is 4.43. The molecule has 0 saturated carbocycles. The summed E-state index contributed by atoms with van der Waals surface area (Å²) in [5.41, 5.74) is -0.216. The number of methoxy groups -OCH3 is 3. The fourth-order valence-corrected chi connectivity index (χ4v) is 1.77. The van der Waals surface area contributed by atoms with Crippen LogP contribution in [-0.4, -0.2) is 38.9 Å². The van der Waals surface area contributed by atoms with Gasteiger partial charge in [-0.25, -0.2) is 4.79 Å². The maximum Gasteiger partial charge on any atom is 0.333 e. The van der Waals surface area contributed by atoms with Crippen molar-refractivity contribution < 1.29 is 19.0 Å². The molecule has 5 nitrogen and oxygen atoms in total. The van der Waals surface area contributed by atoms with Crippen LogP contribution >= 0.6 is 0 Å². The number of esters is 1. The van der Waals surface area contributed by atoms with Crippen LogP contribution in [0.3, 0.4) is 0 Å². The van der Waals surface area contributed by atoms with E-state index in [2.05, 4.69) is 5.32 Å². The Morgan fingerprint density at radius 2 is 2.00 bits per heavy atom. The lowest BCUT2D eigenvalue weighted by molar-refractivity contribution is -0.149. The molecule has 1 aromatic carbocycles. The van der Waals surface area contributed by atoms with Crippen molar-refractivity contribution in [1.29, 1.82) is 0 Å². The third-order valence-electron chi connectivity index (χ3n) is 3.25. The van der Waals surface area contributed by atoms with Gasteiger partial charge in [-0.05, 0) is 26.0 Å². The topological polar surface area (TPSA) is 56.8 Å². The summed E-state index contributed by atoms with van der Waals surface area (Å²) in [5, 5.41) is 3.15. The molecule has 0 amide bonds. The maximum absolute atomic E-state index is 12.0. The van der Waals surface area contributed by atoms with Crippen molar-refractivity contribution in [3.8, 4) is 5.75 Å². The second kappa shape index (κ2) is 6.43. The number of carbonyl (C=O) groups excluding carboxylic acids is 1. The van der Waals surface area contributed by atoms with E-state index in [9.17, 15) is 4.79 Å². The zero-order valence-electron chi connectivity index (χ0n) is 12.0. The van der Waals surface area contributed by atoms with E-state index in [0.717, 1.165) is 5.69 Å². The van der Waals surface area contributed by atoms with Crippen molar-refractivity contribution in [2.45, 2.75) is 25.5 Å². The first kappa shape index (κ1) is 15.3. The molecular formula is C14H21NO4. The summed E-state index contributed by atoms with van der Waals surface area (Å²) < 4.78 is 15.3. The molecule has 0 spiro atoms. The van der Waals surface area contributed by atoms with E-state index in [4.69, 9.17) is 14.2 Å². The minimum atomic E-state index is -0.976. The molecule has 0 aromatic heterocycles. The first-order valence-electron chi connectivity index (χ1n) is 6.01. The van der Waals surface area contributed by atoms with Crippen LogP contribution < -0.4 is 10.1 Å². The first-order chi connectivity index (χ1) is 8.97. The maximum atomic E-state index is 12.0. The number of rotatable bonds is 6. The van der Waals surface area contributed by atoms with Crippen molar-refractivity contribution in [1.82, 2.24) is 0 Å². The monoisotopic (exact) mass is 267 g/mol. The number of nitrogens with one attached hydrogen (secondary N) is 1. The normalized spacial score (nSPS) is 15.2. The molecule has 0 saturated heterocycles. The Bertz CT molecular complexity index is 435. The van der Waals surface area contributed by atoms with Crippen molar-refractivity contribution in [3.63, 3.8) is 0 Å². The molecule has 5 heteroatoms. The molecule has 2 unspecified atom stereocenters. The summed E-state index contributed by atoms with van der Waals surface area (Å²) in [4.78, 5) is 12.0. The highest BCUT2D eigenvalue weighted by Crippen LogP contribution is 2.24. The van der Waals surface area contributed by atoms with Gasteiger partial charge in [-0.1, -0.05) is 6.07 Å². The second-order valence-corrected chi connectivity index (χ2v) is 4.43. The van der Waals surface area contributed by atoms with Crippen LogP contribution in [0.1, 0.15) is 13.8 Å². The third kappa shape index (κ3) is 3.38. The van der Waals surface area contributed by atoms with Gasteiger partial charge in [0.25, 0.3) is 0 Å². The lowest BCUT2D eigenvalue weighted by atomic mass is 9.95. The van der Waals surface area contributed by atoms with Crippen LogP contribution in [0.5, 0.6) is 5.75 Å². The van der Waals surface area contributed by atoms with Crippen LogP contribution in [0.25, 0.3) is 0 Å². The molecule has 0 aliphatic heterocycles. The molecule has 0 bridgehead atoms. The van der Waals surface area contributed by atoms with Gasteiger partial charge in [0.2, 0.25) is 0 Å². The molecule has 1 N–H and O–H groups in total. The molecule has 19 heavy (non-hydrogen) atoms. The minimum absolute atomic E-state index is 0.355. The Labute approximate surface area is 113 Å². The highest BCUT2D eigenvalue weighted by Gasteiger charge is 2.40. The highest BCUT2D eigenvalue weighted by molar-refractivity contribution is 5.85. The summed E-state index contributed by atoms with van der Waals surface area (Å²) in [6, 6.07) is 7.34. The number of ether oxygens (including phenoxy) is 3. The summed E-state index contributed by atoms with van der Waals surface area (Å²) in [5.74, 6) is 0.326. The summed E-state index contributed by atoms with van der Waals surface area (Å²) in [7, 11) is 4.51. The van der Waals surface area contributed by atoms with Crippen molar-refractivity contribution in [3.05, 3.63) is 24.3 Å². The minimum Gasteiger partial charge on any atom is -0.497 e. The molecule has 0 fully saturated rings. The lowest BCUT2D eigenvalue weighted by Gasteiger charge is -2.33. The van der Waals surface area contributed by atoms with Gasteiger partial charge in [0.1, 0.15) is 5.75 Å². The number of hydrogen-bond acceptors (Lipinski definition) is 5. The largest absolute Gasteiger partial charge is 0.497 e. The summed E-state index contributed by atoms with van der Waals surface area (Å²) >= 11 is 0. The Morgan fingerprint density at radius 1 is 1.32 bits per heavy atom. The van der Waals surface area contributed by atoms with Gasteiger partial charge in [0, 0.05) is 18.9 Å². The van der Waals surface area contributed by atoms with Gasteiger partial charge in [0.15, 0.2) is 5.54 Å². The van der Waals surface area contributed by atoms with Gasteiger partial charge in [-0.3, -0.25) is 0 Å². The van der Waals surface area contributed by atoms with Crippen LogP contribution in [0.2, 0.25) is 0 Å². The smallest absolute Gasteiger partial charge is 0.333 e. The lowest BCUT2D eigenvalue weighted by Crippen LogP contribution is -2.53. The zero-order chi connectivity index (χ0) is 14.5. The van der Waals surface area contributed by atoms with Crippen molar-refractivity contribution in [2.75, 3.05) is 26.6 Å². The fourth-order valence-electron chi connectivity index (χ4n) is 1.77. The summed E-state index contributed by atoms with van der Waals surface area (Å²) in [6.07, 6.45) is -0.355. The Morgan fingerprint density at radius 3 is 2.53 bits per heavy atom. The van der Waals surface area contributed by atoms with E-state index < -0.39 is 5.54 Å². The number of hydrogen-bond donors (Lipinski definition) is 1. The molecule has 1 aromatic rings. The Hall–Kier alpha value is -1.75. The molecule has 0 aliphatic carbocycles. The van der Waals surface area contributed by atoms with Crippen LogP contribution in [0, 0.1) is 0 Å². The van der Waals surface area contributed by atoms with E-state index in [1.54, 1.807) is 21.1 Å². The van der Waals surface area contributed by atoms with E-state index in [1.807, 2.05) is 31.2 Å². The molecule has 0 radical (unpaired) electrons. The van der Waals surface area contributed by atoms with Gasteiger partial charge >= 0.3 is 5.97 Å². The number of anilines is 1. The fraction of sp³-hybridized carbons (Fsp3) is 0.500. The average Bonchev–Trinajstić information content (AvgIpc) is 2.45. The van der Waals surface area contributed by atoms with Crippen molar-refractivity contribution in [2.24, 2.45) is 0 Å². The van der Waals surface area contributed by atoms with Crippen LogP contribution in [0.15, 0.2) is 24.3 Å². The van der Waals surface area contributed by atoms with Crippen LogP contribution in [0.4, 0.5) is 5.69 Å². The standard InChI is InChI=1S/C14H21NO4/c1-10(17-3)14(2,13(16)19-5)15-11-7-6-8-12(9-11)18-4/h6-10,15H,1-5H3. The molecule has 0 aliphatic rings. The van der Waals surface area contributed by atoms with E-state index in [0.29, 0.717) is 5.75 Å². The first-order valence-corrected chi connectivity index (χ1v) is 6.01. The summed E-state index contributed by atoms with van der Waals surface area (Å²) in [6.45, 7) is 3.55. The predicted molar refractivity (Wildman–Crippen MR) is 73.5 cm³/mol. The van der Waals surface area contributed by atoms with Gasteiger partial charge in [-0.2, -0.15) is 0 Å². The average molecular weight is 267 g/mol. The zero-order valence-corrected chi connectivity index (χ0v) is 12.0. The molecule has 1 rings (SSSR count). The molecular weight excluding hydrogens is 246 g/mol. The van der Waals surface area contributed by atoms with Gasteiger partial charge in [0.05, 0.1) is 20.3 Å². The Balaban J connectivity index is 3.03. The molecule has 106 valence electrons. The third-order valence-corrected chi connectivity index (χ3v) is 3.25. The van der Waals surface area contributed by atoms with Crippen molar-refractivity contribution >= 4 is 11.7 Å². The van der Waals surface area contributed by atoms with E-state index in [-0.39, 0.29) is 12.1 Å². The van der Waals surface area contributed by atoms with Gasteiger partial charge in [-0.15, -0.1) is 0 Å². The quantitative estimate of drug-likeness (QED) is 0.800.